The van der Waals surface area contributed by atoms with Crippen molar-refractivity contribution in [3.8, 4) is 17.3 Å². The maximum absolute atomic E-state index is 13.0. The van der Waals surface area contributed by atoms with Crippen molar-refractivity contribution in [3.63, 3.8) is 0 Å². The number of likely N-dealkylation sites (N-methyl/N-ethyl adjacent to an activating group) is 1. The van der Waals surface area contributed by atoms with Crippen LogP contribution in [0.25, 0.3) is 17.3 Å². The fourth-order valence-corrected chi connectivity index (χ4v) is 4.31. The highest BCUT2D eigenvalue weighted by molar-refractivity contribution is 6.04. The number of carbonyl (C=O) groups is 1. The van der Waals surface area contributed by atoms with Gasteiger partial charge in [-0.2, -0.15) is 4.98 Å². The molecule has 8 heteroatoms. The Morgan fingerprint density at radius 2 is 2.03 bits per heavy atom. The fourth-order valence-electron chi connectivity index (χ4n) is 4.31. The second-order valence-electron chi connectivity index (χ2n) is 7.61. The molecule has 0 N–H and O–H groups in total. The third-order valence-electron chi connectivity index (χ3n) is 5.87. The summed E-state index contributed by atoms with van der Waals surface area (Å²) in [6, 6.07) is 9.84. The number of hydrogen-bond acceptors (Lipinski definition) is 6. The summed E-state index contributed by atoms with van der Waals surface area (Å²) in [5, 5.41) is 0. The van der Waals surface area contributed by atoms with Crippen molar-refractivity contribution in [2.45, 2.75) is 31.8 Å². The number of anilines is 2. The Kier molecular flexibility index (Phi) is 4.71. The van der Waals surface area contributed by atoms with Crippen molar-refractivity contribution >= 4 is 17.4 Å². The Balaban J connectivity index is 1.63. The molecule has 3 aromatic rings. The van der Waals surface area contributed by atoms with Crippen LogP contribution in [0, 0.1) is 0 Å². The quantitative estimate of drug-likeness (QED) is 0.666. The van der Waals surface area contributed by atoms with Gasteiger partial charge in [-0.3, -0.25) is 9.36 Å². The van der Waals surface area contributed by atoms with E-state index in [2.05, 4.69) is 14.9 Å². The molecule has 2 aliphatic heterocycles. The number of fused-ring (bicyclic) bond motifs is 1. The highest BCUT2D eigenvalue weighted by atomic mass is 16.5. The molecule has 0 bridgehead atoms. The third-order valence-corrected chi connectivity index (χ3v) is 5.87. The summed E-state index contributed by atoms with van der Waals surface area (Å²) in [4.78, 5) is 30.9. The zero-order valence-corrected chi connectivity index (χ0v) is 17.1. The largest absolute Gasteiger partial charge is 0.379 e. The average Bonchev–Trinajstić information content (AvgIpc) is 3.48. The first kappa shape index (κ1) is 18.7. The molecule has 154 valence electrons. The molecule has 8 nitrogen and oxygen atoms in total. The van der Waals surface area contributed by atoms with E-state index in [0.717, 1.165) is 29.3 Å². The van der Waals surface area contributed by atoms with E-state index in [4.69, 9.17) is 9.72 Å². The number of aromatic nitrogens is 4. The molecular formula is C22H24N6O2. The first-order valence-electron chi connectivity index (χ1n) is 10.3. The summed E-state index contributed by atoms with van der Waals surface area (Å²) in [7, 11) is 1.79. The van der Waals surface area contributed by atoms with Crippen LogP contribution >= 0.6 is 0 Å². The van der Waals surface area contributed by atoms with Crippen LogP contribution in [0.5, 0.6) is 0 Å². The lowest BCUT2D eigenvalue weighted by atomic mass is 10.0. The van der Waals surface area contributed by atoms with Crippen LogP contribution in [0.2, 0.25) is 0 Å². The van der Waals surface area contributed by atoms with E-state index in [1.54, 1.807) is 24.3 Å². The van der Waals surface area contributed by atoms with Crippen LogP contribution < -0.4 is 9.80 Å². The van der Waals surface area contributed by atoms with Crippen LogP contribution in [-0.4, -0.2) is 57.8 Å². The molecule has 2 aromatic heterocycles. The van der Waals surface area contributed by atoms with Crippen molar-refractivity contribution in [2.24, 2.45) is 0 Å². The predicted molar refractivity (Wildman–Crippen MR) is 114 cm³/mol. The maximum Gasteiger partial charge on any atom is 0.249 e. The molecule has 0 radical (unpaired) electrons. The van der Waals surface area contributed by atoms with Gasteiger partial charge in [-0.05, 0) is 12.8 Å². The van der Waals surface area contributed by atoms with E-state index in [0.29, 0.717) is 25.6 Å². The van der Waals surface area contributed by atoms with E-state index in [9.17, 15) is 4.79 Å². The van der Waals surface area contributed by atoms with Crippen molar-refractivity contribution in [1.82, 2.24) is 19.5 Å². The van der Waals surface area contributed by atoms with Crippen LogP contribution in [0.15, 0.2) is 48.9 Å². The molecule has 0 spiro atoms. The predicted octanol–water partition coefficient (Wildman–Crippen LogP) is 2.68. The summed E-state index contributed by atoms with van der Waals surface area (Å²) < 4.78 is 7.52. The minimum Gasteiger partial charge on any atom is -0.379 e. The molecule has 0 aliphatic carbocycles. The van der Waals surface area contributed by atoms with Crippen molar-refractivity contribution < 1.29 is 9.53 Å². The monoisotopic (exact) mass is 404 g/mol. The summed E-state index contributed by atoms with van der Waals surface area (Å²) in [6.07, 6.45) is 6.94. The first-order chi connectivity index (χ1) is 14.7. The highest BCUT2D eigenvalue weighted by Gasteiger charge is 2.41. The maximum atomic E-state index is 13.0. The first-order valence-corrected chi connectivity index (χ1v) is 10.3. The van der Waals surface area contributed by atoms with Crippen molar-refractivity contribution in [2.75, 3.05) is 30.1 Å². The second kappa shape index (κ2) is 7.53. The number of benzene rings is 1. The normalized spacial score (nSPS) is 21.2. The molecule has 30 heavy (non-hydrogen) atoms. The van der Waals surface area contributed by atoms with E-state index in [-0.39, 0.29) is 18.0 Å². The van der Waals surface area contributed by atoms with Gasteiger partial charge in [-0.15, -0.1) is 0 Å². The highest BCUT2D eigenvalue weighted by Crippen LogP contribution is 2.37. The topological polar surface area (TPSA) is 76.4 Å². The lowest BCUT2D eigenvalue weighted by Crippen LogP contribution is -2.56. The zero-order chi connectivity index (χ0) is 20.7. The van der Waals surface area contributed by atoms with Gasteiger partial charge in [-0.1, -0.05) is 37.3 Å². The minimum atomic E-state index is -0.256. The number of imidazole rings is 1. The van der Waals surface area contributed by atoms with Crippen LogP contribution in [0.4, 0.5) is 11.5 Å². The number of rotatable bonds is 4. The molecule has 1 unspecified atom stereocenters. The summed E-state index contributed by atoms with van der Waals surface area (Å²) in [6.45, 7) is 3.34. The smallest absolute Gasteiger partial charge is 0.249 e. The number of nitrogens with zero attached hydrogens (tertiary/aromatic N) is 6. The van der Waals surface area contributed by atoms with E-state index >= 15 is 0 Å². The van der Waals surface area contributed by atoms with Crippen molar-refractivity contribution in [1.29, 1.82) is 0 Å². The summed E-state index contributed by atoms with van der Waals surface area (Å²) in [5.41, 5.74) is 1.71. The third kappa shape index (κ3) is 2.95. The van der Waals surface area contributed by atoms with E-state index < -0.39 is 0 Å². The zero-order valence-electron chi connectivity index (χ0n) is 17.1. The molecule has 1 saturated heterocycles. The van der Waals surface area contributed by atoms with Crippen LogP contribution in [-0.2, 0) is 9.53 Å². The molecule has 5 rings (SSSR count). The molecular weight excluding hydrogens is 380 g/mol. The Labute approximate surface area is 175 Å². The number of amides is 1. The van der Waals surface area contributed by atoms with Gasteiger partial charge in [0, 0.05) is 31.6 Å². The second-order valence-corrected chi connectivity index (χ2v) is 7.61. The Morgan fingerprint density at radius 3 is 2.77 bits per heavy atom. The van der Waals surface area contributed by atoms with Gasteiger partial charge in [0.05, 0.1) is 18.8 Å². The standard InChI is InChI=1S/C22H24N6O2/c1-3-17-21(29)26(2)18-13-24-22(25-20(18)28(17)16-9-12-30-14-16)27-11-10-23-19(27)15-7-5-4-6-8-15/h4-8,10-11,13,16-17H,3,9,12,14H2,1-2H3/t16?,17-/m1/s1. The number of carbonyl (C=O) groups excluding carboxylic acids is 1. The Bertz CT molecular complexity index is 1060. The van der Waals surface area contributed by atoms with Crippen molar-refractivity contribution in [3.05, 3.63) is 48.9 Å². The van der Waals surface area contributed by atoms with Gasteiger partial charge in [-0.25, -0.2) is 9.97 Å². The summed E-state index contributed by atoms with van der Waals surface area (Å²) >= 11 is 0. The SMILES string of the molecule is CC[C@@H]1C(=O)N(C)c2cnc(-n3ccnc3-c3ccccc3)nc2N1C1CCOC1. The van der Waals surface area contributed by atoms with Gasteiger partial charge in [0.1, 0.15) is 17.6 Å². The number of ether oxygens (including phenoxy) is 1. The lowest BCUT2D eigenvalue weighted by Gasteiger charge is -2.43. The number of hydrogen-bond donors (Lipinski definition) is 0. The van der Waals surface area contributed by atoms with E-state index in [1.165, 1.54) is 0 Å². The Hall–Kier alpha value is -3.26. The Morgan fingerprint density at radius 1 is 1.20 bits per heavy atom. The lowest BCUT2D eigenvalue weighted by molar-refractivity contribution is -0.120. The van der Waals surface area contributed by atoms with Gasteiger partial charge < -0.3 is 14.5 Å². The van der Waals surface area contributed by atoms with Crippen LogP contribution in [0.3, 0.4) is 0 Å². The minimum absolute atomic E-state index is 0.0702. The molecule has 2 aliphatic rings. The average molecular weight is 404 g/mol. The summed E-state index contributed by atoms with van der Waals surface area (Å²) in [5.74, 6) is 2.16. The van der Waals surface area contributed by atoms with Gasteiger partial charge in [0.25, 0.3) is 0 Å². The van der Waals surface area contributed by atoms with Crippen LogP contribution in [0.1, 0.15) is 19.8 Å². The van der Waals surface area contributed by atoms with Gasteiger partial charge in [0.15, 0.2) is 5.82 Å². The van der Waals surface area contributed by atoms with E-state index in [1.807, 2.05) is 48.0 Å². The fraction of sp³-hybridized carbons (Fsp3) is 0.364. The molecule has 2 atom stereocenters. The molecule has 1 fully saturated rings. The molecule has 1 aromatic carbocycles. The molecule has 0 saturated carbocycles. The van der Waals surface area contributed by atoms with Gasteiger partial charge in [0.2, 0.25) is 11.9 Å². The van der Waals surface area contributed by atoms with Gasteiger partial charge >= 0.3 is 0 Å². The molecule has 4 heterocycles. The molecule has 1 amide bonds.